The van der Waals surface area contributed by atoms with Crippen molar-refractivity contribution in [1.82, 2.24) is 10.2 Å². The standard InChI is InChI=1S/C14H18ClFN2O2/c1-14(13(19)20,18-7-2-5-17-6-8-18)10-3-4-12(16)11(15)9-10/h3-4,9,17H,2,5-8H2,1H3,(H,19,20). The predicted molar refractivity (Wildman–Crippen MR) is 75.5 cm³/mol. The highest BCUT2D eigenvalue weighted by atomic mass is 35.5. The van der Waals surface area contributed by atoms with E-state index in [0.717, 1.165) is 19.5 Å². The topological polar surface area (TPSA) is 52.6 Å². The van der Waals surface area contributed by atoms with Gasteiger partial charge in [-0.05, 0) is 37.6 Å². The monoisotopic (exact) mass is 300 g/mol. The molecule has 1 aliphatic rings. The number of hydrogen-bond donors (Lipinski definition) is 2. The van der Waals surface area contributed by atoms with E-state index in [0.29, 0.717) is 18.7 Å². The second-order valence-corrected chi connectivity index (χ2v) is 5.50. The minimum Gasteiger partial charge on any atom is -0.480 e. The van der Waals surface area contributed by atoms with Crippen molar-refractivity contribution in [2.24, 2.45) is 0 Å². The number of rotatable bonds is 3. The molecule has 2 rings (SSSR count). The molecule has 0 amide bonds. The van der Waals surface area contributed by atoms with E-state index in [1.165, 1.54) is 18.2 Å². The first-order chi connectivity index (χ1) is 9.46. The molecule has 1 unspecified atom stereocenters. The molecule has 4 nitrogen and oxygen atoms in total. The van der Waals surface area contributed by atoms with E-state index in [4.69, 9.17) is 11.6 Å². The Labute approximate surface area is 122 Å². The number of benzene rings is 1. The molecule has 0 radical (unpaired) electrons. The van der Waals surface area contributed by atoms with Crippen molar-refractivity contribution < 1.29 is 14.3 Å². The molecule has 1 fully saturated rings. The maximum absolute atomic E-state index is 13.3. The Morgan fingerprint density at radius 1 is 1.45 bits per heavy atom. The molecule has 20 heavy (non-hydrogen) atoms. The number of halogens is 2. The highest BCUT2D eigenvalue weighted by Gasteiger charge is 2.41. The molecule has 1 aliphatic heterocycles. The van der Waals surface area contributed by atoms with E-state index < -0.39 is 17.3 Å². The van der Waals surface area contributed by atoms with E-state index in [1.54, 1.807) is 6.92 Å². The number of carbonyl (C=O) groups is 1. The second kappa shape index (κ2) is 6.08. The van der Waals surface area contributed by atoms with Crippen LogP contribution in [0.4, 0.5) is 4.39 Å². The zero-order chi connectivity index (χ0) is 14.8. The summed E-state index contributed by atoms with van der Waals surface area (Å²) in [5.41, 5.74) is -0.707. The Bertz CT molecular complexity index is 504. The molecular formula is C14H18ClFN2O2. The highest BCUT2D eigenvalue weighted by Crippen LogP contribution is 2.31. The van der Waals surface area contributed by atoms with E-state index in [2.05, 4.69) is 5.32 Å². The van der Waals surface area contributed by atoms with Crippen LogP contribution in [-0.2, 0) is 10.3 Å². The van der Waals surface area contributed by atoms with Crippen molar-refractivity contribution in [3.63, 3.8) is 0 Å². The van der Waals surface area contributed by atoms with Gasteiger partial charge >= 0.3 is 5.97 Å². The maximum atomic E-state index is 13.3. The molecule has 1 aromatic rings. The van der Waals surface area contributed by atoms with E-state index in [9.17, 15) is 14.3 Å². The average molecular weight is 301 g/mol. The Kier molecular flexibility index (Phi) is 4.62. The predicted octanol–water partition coefficient (Wildman–Crippen LogP) is 2.07. The van der Waals surface area contributed by atoms with Crippen LogP contribution in [-0.4, -0.2) is 42.2 Å². The van der Waals surface area contributed by atoms with Crippen LogP contribution >= 0.6 is 11.6 Å². The van der Waals surface area contributed by atoms with Crippen LogP contribution < -0.4 is 5.32 Å². The van der Waals surface area contributed by atoms with Crippen molar-refractivity contribution in [2.45, 2.75) is 18.9 Å². The van der Waals surface area contributed by atoms with Gasteiger partial charge in [-0.2, -0.15) is 0 Å². The van der Waals surface area contributed by atoms with Crippen LogP contribution in [0.1, 0.15) is 18.9 Å². The van der Waals surface area contributed by atoms with E-state index >= 15 is 0 Å². The molecule has 110 valence electrons. The summed E-state index contributed by atoms with van der Waals surface area (Å²) in [6.07, 6.45) is 0.873. The third-order valence-corrected chi connectivity index (χ3v) is 4.16. The van der Waals surface area contributed by atoms with Crippen LogP contribution in [0.25, 0.3) is 0 Å². The summed E-state index contributed by atoms with van der Waals surface area (Å²) in [6.45, 7) is 4.54. The zero-order valence-corrected chi connectivity index (χ0v) is 12.1. The van der Waals surface area contributed by atoms with Gasteiger partial charge in [0, 0.05) is 19.6 Å². The van der Waals surface area contributed by atoms with Gasteiger partial charge < -0.3 is 10.4 Å². The number of aliphatic carboxylic acids is 1. The summed E-state index contributed by atoms with van der Waals surface area (Å²) in [5, 5.41) is 12.9. The lowest BCUT2D eigenvalue weighted by Crippen LogP contribution is -2.51. The van der Waals surface area contributed by atoms with Crippen LogP contribution in [0.2, 0.25) is 5.02 Å². The number of carboxylic acids is 1. The van der Waals surface area contributed by atoms with Gasteiger partial charge in [0.2, 0.25) is 0 Å². The smallest absolute Gasteiger partial charge is 0.328 e. The summed E-state index contributed by atoms with van der Waals surface area (Å²) in [7, 11) is 0. The summed E-state index contributed by atoms with van der Waals surface area (Å²) in [6, 6.07) is 4.12. The number of carboxylic acid groups (broad SMARTS) is 1. The minimum atomic E-state index is -1.20. The minimum absolute atomic E-state index is 0.0529. The summed E-state index contributed by atoms with van der Waals surface area (Å²) < 4.78 is 13.3. The second-order valence-electron chi connectivity index (χ2n) is 5.10. The Morgan fingerprint density at radius 2 is 2.20 bits per heavy atom. The van der Waals surface area contributed by atoms with Crippen molar-refractivity contribution in [1.29, 1.82) is 0 Å². The van der Waals surface area contributed by atoms with Crippen molar-refractivity contribution >= 4 is 17.6 Å². The van der Waals surface area contributed by atoms with Gasteiger partial charge in [-0.15, -0.1) is 0 Å². The first-order valence-corrected chi connectivity index (χ1v) is 6.98. The lowest BCUT2D eigenvalue weighted by molar-refractivity contribution is -0.151. The molecule has 6 heteroatoms. The SMILES string of the molecule is CC(C(=O)O)(c1ccc(F)c(Cl)c1)N1CCCNCC1. The van der Waals surface area contributed by atoms with Crippen LogP contribution in [0.15, 0.2) is 18.2 Å². The third kappa shape index (κ3) is 2.80. The quantitative estimate of drug-likeness (QED) is 0.897. The van der Waals surface area contributed by atoms with Crippen LogP contribution in [0.3, 0.4) is 0 Å². The lowest BCUT2D eigenvalue weighted by Gasteiger charge is -2.37. The molecule has 0 bridgehead atoms. The molecule has 0 saturated carbocycles. The Hall–Kier alpha value is -1.17. The van der Waals surface area contributed by atoms with Gasteiger partial charge in [-0.1, -0.05) is 17.7 Å². The van der Waals surface area contributed by atoms with Gasteiger partial charge in [0.15, 0.2) is 0 Å². The van der Waals surface area contributed by atoms with Crippen molar-refractivity contribution in [3.05, 3.63) is 34.6 Å². The van der Waals surface area contributed by atoms with Gasteiger partial charge in [0.05, 0.1) is 5.02 Å². The van der Waals surface area contributed by atoms with Crippen LogP contribution in [0, 0.1) is 5.82 Å². The van der Waals surface area contributed by atoms with Crippen molar-refractivity contribution in [2.75, 3.05) is 26.2 Å². The fraction of sp³-hybridized carbons (Fsp3) is 0.500. The first-order valence-electron chi connectivity index (χ1n) is 6.61. The molecule has 0 aliphatic carbocycles. The maximum Gasteiger partial charge on any atom is 0.328 e. The summed E-state index contributed by atoms with van der Waals surface area (Å²) in [4.78, 5) is 13.7. The number of nitrogens with one attached hydrogen (secondary N) is 1. The largest absolute Gasteiger partial charge is 0.480 e. The zero-order valence-electron chi connectivity index (χ0n) is 11.3. The highest BCUT2D eigenvalue weighted by molar-refractivity contribution is 6.30. The molecule has 1 saturated heterocycles. The molecule has 0 spiro atoms. The number of nitrogens with zero attached hydrogens (tertiary/aromatic N) is 1. The molecule has 1 heterocycles. The Morgan fingerprint density at radius 3 is 2.85 bits per heavy atom. The summed E-state index contributed by atoms with van der Waals surface area (Å²) >= 11 is 5.80. The van der Waals surface area contributed by atoms with Crippen LogP contribution in [0.5, 0.6) is 0 Å². The van der Waals surface area contributed by atoms with Gasteiger partial charge in [-0.25, -0.2) is 9.18 Å². The van der Waals surface area contributed by atoms with Gasteiger partial charge in [0.1, 0.15) is 11.4 Å². The normalized spacial score (nSPS) is 20.1. The van der Waals surface area contributed by atoms with Gasteiger partial charge in [0.25, 0.3) is 0 Å². The third-order valence-electron chi connectivity index (χ3n) is 3.87. The summed E-state index contributed by atoms with van der Waals surface area (Å²) in [5.74, 6) is -1.50. The molecule has 1 atom stereocenters. The lowest BCUT2D eigenvalue weighted by atomic mass is 9.89. The first kappa shape index (κ1) is 15.2. The van der Waals surface area contributed by atoms with E-state index in [-0.39, 0.29) is 5.02 Å². The Balaban J connectivity index is 2.41. The number of hydrogen-bond acceptors (Lipinski definition) is 3. The van der Waals surface area contributed by atoms with Crippen molar-refractivity contribution in [3.8, 4) is 0 Å². The molecule has 0 aromatic heterocycles. The van der Waals surface area contributed by atoms with E-state index in [1.807, 2.05) is 4.90 Å². The fourth-order valence-electron chi connectivity index (χ4n) is 2.53. The molecular weight excluding hydrogens is 283 g/mol. The molecule has 1 aromatic carbocycles. The molecule has 2 N–H and O–H groups in total. The fourth-order valence-corrected chi connectivity index (χ4v) is 2.71. The average Bonchev–Trinajstić information content (AvgIpc) is 2.70. The van der Waals surface area contributed by atoms with Gasteiger partial charge in [-0.3, -0.25) is 4.90 Å².